The molecule has 0 spiro atoms. The lowest BCUT2D eigenvalue weighted by molar-refractivity contribution is 0.0103. The minimum atomic E-state index is -0.572. The minimum absolute atomic E-state index is 0.0308. The van der Waals surface area contributed by atoms with E-state index in [1.807, 2.05) is 4.90 Å². The molecule has 5 heteroatoms. The molecule has 0 aliphatic carbocycles. The summed E-state index contributed by atoms with van der Waals surface area (Å²) >= 11 is 0. The third kappa shape index (κ3) is 22.2. The lowest BCUT2D eigenvalue weighted by atomic mass is 10.1. The van der Waals surface area contributed by atoms with Crippen LogP contribution >= 0.6 is 0 Å². The van der Waals surface area contributed by atoms with Crippen LogP contribution in [-0.4, -0.2) is 72.4 Å². The SMILES string of the molecule is CCCCCCCC/C=C\CCCCCCCCOCC(O)CN(CCO)CCO. The van der Waals surface area contributed by atoms with E-state index in [0.717, 1.165) is 6.42 Å². The molecule has 0 saturated carbocycles. The topological polar surface area (TPSA) is 73.2 Å². The number of allylic oxidation sites excluding steroid dienone is 2. The van der Waals surface area contributed by atoms with Crippen molar-refractivity contribution in [1.29, 1.82) is 0 Å². The highest BCUT2D eigenvalue weighted by atomic mass is 16.5. The van der Waals surface area contributed by atoms with Crippen molar-refractivity contribution in [3.05, 3.63) is 12.2 Å². The Labute approximate surface area is 186 Å². The van der Waals surface area contributed by atoms with Crippen LogP contribution in [0.25, 0.3) is 0 Å². The first kappa shape index (κ1) is 29.5. The van der Waals surface area contributed by atoms with Gasteiger partial charge in [0.15, 0.2) is 0 Å². The summed E-state index contributed by atoms with van der Waals surface area (Å²) in [6.07, 6.45) is 22.3. The molecular weight excluding hydrogens is 378 g/mol. The van der Waals surface area contributed by atoms with Crippen LogP contribution < -0.4 is 0 Å². The number of unbranched alkanes of at least 4 members (excludes halogenated alkanes) is 12. The summed E-state index contributed by atoms with van der Waals surface area (Å²) in [4.78, 5) is 1.85. The molecule has 0 bridgehead atoms. The highest BCUT2D eigenvalue weighted by Gasteiger charge is 2.11. The van der Waals surface area contributed by atoms with Crippen molar-refractivity contribution in [2.24, 2.45) is 0 Å². The fourth-order valence-corrected chi connectivity index (χ4v) is 3.60. The molecule has 0 heterocycles. The molecule has 5 nitrogen and oxygen atoms in total. The first-order valence-electron chi connectivity index (χ1n) is 12.6. The van der Waals surface area contributed by atoms with Crippen LogP contribution in [0.1, 0.15) is 96.8 Å². The van der Waals surface area contributed by atoms with E-state index in [4.69, 9.17) is 14.9 Å². The fraction of sp³-hybridized carbons (Fsp3) is 0.920. The predicted octanol–water partition coefficient (Wildman–Crippen LogP) is 4.69. The van der Waals surface area contributed by atoms with Crippen LogP contribution in [0, 0.1) is 0 Å². The van der Waals surface area contributed by atoms with Crippen molar-refractivity contribution >= 4 is 0 Å². The van der Waals surface area contributed by atoms with E-state index in [9.17, 15) is 5.11 Å². The van der Waals surface area contributed by atoms with Gasteiger partial charge in [-0.05, 0) is 32.1 Å². The van der Waals surface area contributed by atoms with Crippen molar-refractivity contribution in [3.63, 3.8) is 0 Å². The van der Waals surface area contributed by atoms with Gasteiger partial charge in [0.25, 0.3) is 0 Å². The molecule has 0 aromatic carbocycles. The maximum atomic E-state index is 9.97. The van der Waals surface area contributed by atoms with Crippen LogP contribution in [0.5, 0.6) is 0 Å². The van der Waals surface area contributed by atoms with Crippen LogP contribution in [0.4, 0.5) is 0 Å². The highest BCUT2D eigenvalue weighted by molar-refractivity contribution is 4.81. The van der Waals surface area contributed by atoms with Gasteiger partial charge in [-0.3, -0.25) is 4.90 Å². The van der Waals surface area contributed by atoms with Gasteiger partial charge in [-0.25, -0.2) is 0 Å². The second kappa shape index (κ2) is 24.8. The zero-order valence-corrected chi connectivity index (χ0v) is 19.8. The highest BCUT2D eigenvalue weighted by Crippen LogP contribution is 2.10. The quantitative estimate of drug-likeness (QED) is 0.153. The van der Waals surface area contributed by atoms with Gasteiger partial charge < -0.3 is 20.1 Å². The second-order valence-corrected chi connectivity index (χ2v) is 8.41. The first-order valence-corrected chi connectivity index (χ1v) is 12.6. The summed E-state index contributed by atoms with van der Waals surface area (Å²) in [5.41, 5.74) is 0. The first-order chi connectivity index (χ1) is 14.7. The van der Waals surface area contributed by atoms with Gasteiger partial charge in [0.05, 0.1) is 25.9 Å². The Bertz CT molecular complexity index is 346. The van der Waals surface area contributed by atoms with Crippen LogP contribution in [-0.2, 0) is 4.74 Å². The van der Waals surface area contributed by atoms with Crippen LogP contribution in [0.2, 0.25) is 0 Å². The molecule has 0 aliphatic heterocycles. The molecule has 180 valence electrons. The molecule has 1 unspecified atom stereocenters. The van der Waals surface area contributed by atoms with Crippen molar-refractivity contribution in [2.75, 3.05) is 46.1 Å². The van der Waals surface area contributed by atoms with Crippen molar-refractivity contribution in [1.82, 2.24) is 4.90 Å². The van der Waals surface area contributed by atoms with Gasteiger partial charge in [-0.2, -0.15) is 0 Å². The maximum absolute atomic E-state index is 9.97. The second-order valence-electron chi connectivity index (χ2n) is 8.41. The molecule has 3 N–H and O–H groups in total. The molecule has 0 aromatic rings. The van der Waals surface area contributed by atoms with Gasteiger partial charge >= 0.3 is 0 Å². The van der Waals surface area contributed by atoms with Gasteiger partial charge in [0.1, 0.15) is 0 Å². The summed E-state index contributed by atoms with van der Waals surface area (Å²) in [6, 6.07) is 0. The number of rotatable bonds is 24. The normalized spacial score (nSPS) is 13.0. The van der Waals surface area contributed by atoms with Gasteiger partial charge in [0.2, 0.25) is 0 Å². The summed E-state index contributed by atoms with van der Waals surface area (Å²) in [7, 11) is 0. The Morgan fingerprint density at radius 2 is 1.23 bits per heavy atom. The average molecular weight is 430 g/mol. The smallest absolute Gasteiger partial charge is 0.0900 e. The van der Waals surface area contributed by atoms with E-state index < -0.39 is 6.10 Å². The van der Waals surface area contributed by atoms with E-state index in [1.165, 1.54) is 83.5 Å². The monoisotopic (exact) mass is 429 g/mol. The average Bonchev–Trinajstić information content (AvgIpc) is 2.73. The predicted molar refractivity (Wildman–Crippen MR) is 127 cm³/mol. The van der Waals surface area contributed by atoms with Crippen molar-refractivity contribution in [3.8, 4) is 0 Å². The van der Waals surface area contributed by atoms with E-state index >= 15 is 0 Å². The Morgan fingerprint density at radius 1 is 0.733 bits per heavy atom. The summed E-state index contributed by atoms with van der Waals surface area (Å²) in [5, 5.41) is 27.9. The molecule has 0 radical (unpaired) electrons. The van der Waals surface area contributed by atoms with E-state index in [2.05, 4.69) is 19.1 Å². The van der Waals surface area contributed by atoms with Gasteiger partial charge in [0, 0.05) is 26.2 Å². The molecule has 1 atom stereocenters. The number of nitrogens with zero attached hydrogens (tertiary/aromatic N) is 1. The van der Waals surface area contributed by atoms with E-state index in [-0.39, 0.29) is 13.2 Å². The van der Waals surface area contributed by atoms with E-state index in [0.29, 0.717) is 32.8 Å². The third-order valence-electron chi connectivity index (χ3n) is 5.41. The van der Waals surface area contributed by atoms with Crippen LogP contribution in [0.15, 0.2) is 12.2 Å². The Balaban J connectivity index is 3.31. The Hall–Kier alpha value is -0.460. The lowest BCUT2D eigenvalue weighted by Gasteiger charge is -2.23. The summed E-state index contributed by atoms with van der Waals surface area (Å²) in [5.74, 6) is 0. The standard InChI is InChI=1S/C25H51NO4/c1-2-3-4-5-6-7-8-9-10-11-12-13-14-15-16-17-22-30-24-25(29)23-26(18-20-27)19-21-28/h9-10,25,27-29H,2-8,11-24H2,1H3/b10-9-. The number of hydrogen-bond acceptors (Lipinski definition) is 5. The maximum Gasteiger partial charge on any atom is 0.0900 e. The zero-order chi connectivity index (χ0) is 22.1. The summed E-state index contributed by atoms with van der Waals surface area (Å²) < 4.78 is 5.56. The van der Waals surface area contributed by atoms with Crippen LogP contribution in [0.3, 0.4) is 0 Å². The summed E-state index contributed by atoms with van der Waals surface area (Å²) in [6.45, 7) is 4.69. The lowest BCUT2D eigenvalue weighted by Crippen LogP contribution is -2.38. The molecule has 0 fully saturated rings. The molecule has 0 saturated heterocycles. The fourth-order valence-electron chi connectivity index (χ4n) is 3.60. The molecule has 0 aromatic heterocycles. The number of aliphatic hydroxyl groups excluding tert-OH is 3. The molecule has 0 aliphatic rings. The van der Waals surface area contributed by atoms with E-state index in [1.54, 1.807) is 0 Å². The third-order valence-corrected chi connectivity index (χ3v) is 5.41. The number of ether oxygens (including phenoxy) is 1. The zero-order valence-electron chi connectivity index (χ0n) is 19.8. The van der Waals surface area contributed by atoms with Gasteiger partial charge in [-0.15, -0.1) is 0 Å². The molecule has 0 rings (SSSR count). The molecule has 30 heavy (non-hydrogen) atoms. The number of aliphatic hydroxyl groups is 3. The largest absolute Gasteiger partial charge is 0.395 e. The molecular formula is C25H51NO4. The Kier molecular flexibility index (Phi) is 24.4. The molecule has 0 amide bonds. The van der Waals surface area contributed by atoms with Crippen molar-refractivity contribution in [2.45, 2.75) is 103 Å². The number of hydrogen-bond donors (Lipinski definition) is 3. The van der Waals surface area contributed by atoms with Gasteiger partial charge in [-0.1, -0.05) is 76.9 Å². The minimum Gasteiger partial charge on any atom is -0.395 e. The van der Waals surface area contributed by atoms with Crippen molar-refractivity contribution < 1.29 is 20.1 Å². The Morgan fingerprint density at radius 3 is 1.77 bits per heavy atom.